The SMILES string of the molecule is CCC(=O)C1=C(C)C2=C(c3ccc4n[nH]nc4c3)c3c(C)c(C(=O)CC)c(C)n3[B-](F)(F)[N+]2=C1C. The molecule has 1 N–H and O–H groups in total. The number of Topliss-reactive ketones (excluding diaryl/α,β-unsaturated/α-hetero) is 2. The Morgan fingerprint density at radius 2 is 1.69 bits per heavy atom. The number of nitrogens with one attached hydrogen (secondary N) is 1. The van der Waals surface area contributed by atoms with Gasteiger partial charge in [-0.1, -0.05) is 19.9 Å². The van der Waals surface area contributed by atoms with Crippen molar-refractivity contribution in [2.24, 2.45) is 0 Å². The number of aromatic amines is 1. The number of halogens is 2. The molecule has 0 radical (unpaired) electrons. The van der Waals surface area contributed by atoms with E-state index in [-0.39, 0.29) is 35.8 Å². The van der Waals surface area contributed by atoms with E-state index in [0.29, 0.717) is 55.8 Å². The minimum Gasteiger partial charge on any atom is -0.393 e. The van der Waals surface area contributed by atoms with Crippen LogP contribution in [0.5, 0.6) is 0 Å². The second-order valence-corrected chi connectivity index (χ2v) is 9.15. The van der Waals surface area contributed by atoms with E-state index in [0.717, 1.165) is 8.96 Å². The molecule has 2 aliphatic heterocycles. The number of carbonyl (C=O) groups excluding carboxylic acids is 2. The molecule has 1 aromatic carbocycles. The van der Waals surface area contributed by atoms with Gasteiger partial charge in [0.1, 0.15) is 16.7 Å². The molecule has 0 fully saturated rings. The van der Waals surface area contributed by atoms with Crippen LogP contribution in [0.2, 0.25) is 0 Å². The van der Waals surface area contributed by atoms with Crippen molar-refractivity contribution in [3.8, 4) is 0 Å². The molecule has 35 heavy (non-hydrogen) atoms. The predicted molar refractivity (Wildman–Crippen MR) is 131 cm³/mol. The first kappa shape index (κ1) is 23.1. The van der Waals surface area contributed by atoms with Crippen LogP contribution in [-0.4, -0.2) is 48.6 Å². The van der Waals surface area contributed by atoms with Crippen molar-refractivity contribution < 1.29 is 22.7 Å². The molecule has 2 aliphatic rings. The van der Waals surface area contributed by atoms with Crippen LogP contribution in [0.25, 0.3) is 16.6 Å². The van der Waals surface area contributed by atoms with E-state index in [4.69, 9.17) is 0 Å². The molecule has 0 bridgehead atoms. The van der Waals surface area contributed by atoms with Crippen molar-refractivity contribution in [2.45, 2.75) is 54.4 Å². The molecule has 0 unspecified atom stereocenters. The van der Waals surface area contributed by atoms with Crippen LogP contribution >= 0.6 is 0 Å². The molecule has 0 amide bonds. The first-order chi connectivity index (χ1) is 16.6. The number of ketones is 2. The summed E-state index contributed by atoms with van der Waals surface area (Å²) in [5.41, 5.74) is 5.20. The molecule has 0 saturated heterocycles. The second kappa shape index (κ2) is 7.66. The lowest BCUT2D eigenvalue weighted by atomic mass is 9.83. The average Bonchev–Trinajstić information content (AvgIpc) is 3.47. The zero-order chi connectivity index (χ0) is 25.4. The van der Waals surface area contributed by atoms with Gasteiger partial charge in [0.2, 0.25) is 0 Å². The van der Waals surface area contributed by atoms with E-state index < -0.39 is 6.97 Å². The molecular weight excluding hydrogens is 451 g/mol. The van der Waals surface area contributed by atoms with Crippen LogP contribution in [0.3, 0.4) is 0 Å². The zero-order valence-electron chi connectivity index (χ0n) is 20.6. The van der Waals surface area contributed by atoms with Crippen molar-refractivity contribution in [3.05, 3.63) is 63.1 Å². The van der Waals surface area contributed by atoms with Gasteiger partial charge >= 0.3 is 6.97 Å². The van der Waals surface area contributed by atoms with E-state index in [9.17, 15) is 9.59 Å². The fourth-order valence-electron chi connectivity index (χ4n) is 5.78. The lowest BCUT2D eigenvalue weighted by Crippen LogP contribution is -2.51. The molecule has 0 saturated carbocycles. The van der Waals surface area contributed by atoms with Gasteiger partial charge in [-0.05, 0) is 49.7 Å². The Bertz CT molecular complexity index is 1570. The quantitative estimate of drug-likeness (QED) is 0.425. The summed E-state index contributed by atoms with van der Waals surface area (Å²) in [6.45, 7) is 5.68. The number of aromatic nitrogens is 4. The van der Waals surface area contributed by atoms with Gasteiger partial charge in [-0.3, -0.25) is 9.59 Å². The van der Waals surface area contributed by atoms with Crippen LogP contribution < -0.4 is 0 Å². The minimum atomic E-state index is -4.37. The van der Waals surface area contributed by atoms with Gasteiger partial charge in [0.15, 0.2) is 17.3 Å². The van der Waals surface area contributed by atoms with Crippen molar-refractivity contribution in [1.29, 1.82) is 0 Å². The highest BCUT2D eigenvalue weighted by atomic mass is 19.2. The summed E-state index contributed by atoms with van der Waals surface area (Å²) < 4.78 is 34.9. The van der Waals surface area contributed by atoms with Gasteiger partial charge in [0.25, 0.3) is 0 Å². The van der Waals surface area contributed by atoms with Gasteiger partial charge < -0.3 is 17.6 Å². The van der Waals surface area contributed by atoms with Crippen LogP contribution in [0.1, 0.15) is 73.4 Å². The normalized spacial score (nSPS) is 16.9. The molecule has 2 aromatic heterocycles. The number of fused-ring (bicyclic) bond motifs is 3. The van der Waals surface area contributed by atoms with Gasteiger partial charge in [-0.2, -0.15) is 15.4 Å². The fourth-order valence-corrected chi connectivity index (χ4v) is 5.78. The van der Waals surface area contributed by atoms with Crippen LogP contribution in [-0.2, 0) is 4.79 Å². The Morgan fingerprint density at radius 3 is 2.34 bits per heavy atom. The molecule has 3 aromatic rings. The Balaban J connectivity index is 1.98. The number of rotatable bonds is 5. The predicted octanol–water partition coefficient (Wildman–Crippen LogP) is 4.75. The second-order valence-electron chi connectivity index (χ2n) is 9.15. The van der Waals surface area contributed by atoms with Gasteiger partial charge in [-0.15, -0.1) is 0 Å². The maximum Gasteiger partial charge on any atom is 0.737 e. The number of benzene rings is 1. The van der Waals surface area contributed by atoms with Crippen molar-refractivity contribution >= 4 is 40.9 Å². The molecule has 0 atom stereocenters. The third kappa shape index (κ3) is 2.91. The summed E-state index contributed by atoms with van der Waals surface area (Å²) in [6, 6.07) is 5.39. The summed E-state index contributed by atoms with van der Waals surface area (Å²) >= 11 is 0. The van der Waals surface area contributed by atoms with Crippen LogP contribution in [0.15, 0.2) is 35.0 Å². The van der Waals surface area contributed by atoms with Crippen LogP contribution in [0.4, 0.5) is 8.63 Å². The third-order valence-corrected chi connectivity index (χ3v) is 7.29. The third-order valence-electron chi connectivity index (χ3n) is 7.29. The largest absolute Gasteiger partial charge is 0.737 e. The molecule has 10 heteroatoms. The van der Waals surface area contributed by atoms with E-state index in [1.54, 1.807) is 53.7 Å². The molecule has 4 heterocycles. The Labute approximate surface area is 201 Å². The molecular formula is C25H26BF2N5O2. The van der Waals surface area contributed by atoms with E-state index in [1.807, 2.05) is 6.07 Å². The number of nitrogens with zero attached hydrogens (tertiary/aromatic N) is 4. The van der Waals surface area contributed by atoms with E-state index in [2.05, 4.69) is 15.4 Å². The summed E-state index contributed by atoms with van der Waals surface area (Å²) in [4.78, 5) is 25.7. The number of carbonyl (C=O) groups is 2. The molecule has 0 aliphatic carbocycles. The zero-order valence-corrected chi connectivity index (χ0v) is 20.6. The fraction of sp³-hybridized carbons (Fsp3) is 0.320. The van der Waals surface area contributed by atoms with Gasteiger partial charge in [-0.25, -0.2) is 0 Å². The maximum absolute atomic E-state index is 16.5. The number of H-pyrrole nitrogens is 1. The lowest BCUT2D eigenvalue weighted by molar-refractivity contribution is -0.363. The van der Waals surface area contributed by atoms with Crippen LogP contribution in [0, 0.1) is 13.8 Å². The lowest BCUT2D eigenvalue weighted by Gasteiger charge is -2.34. The molecule has 0 spiro atoms. The average molecular weight is 477 g/mol. The minimum absolute atomic E-state index is 0.181. The summed E-state index contributed by atoms with van der Waals surface area (Å²) in [5, 5.41) is 10.9. The Morgan fingerprint density at radius 1 is 1.03 bits per heavy atom. The maximum atomic E-state index is 16.5. The van der Waals surface area contributed by atoms with Crippen molar-refractivity contribution in [3.63, 3.8) is 0 Å². The van der Waals surface area contributed by atoms with Crippen molar-refractivity contribution in [1.82, 2.24) is 19.9 Å². The Kier molecular flexibility index (Phi) is 5.05. The molecule has 7 nitrogen and oxygen atoms in total. The van der Waals surface area contributed by atoms with E-state index >= 15 is 8.63 Å². The standard InChI is InChI=1S/C25H26BF2N5O2/c1-7-19(34)21-12(3)24-23(16-9-10-17-18(11-16)30-31-29-17)25-13(4)22(20(35)8-2)15(6)33(25)26(27,28)32(24)14(21)5/h9-11H,7-8H2,1-6H3,(H,29,30,31). The topological polar surface area (TPSA) is 83.7 Å². The van der Waals surface area contributed by atoms with E-state index in [1.165, 1.54) is 0 Å². The number of allylic oxidation sites excluding steroid dienone is 2. The van der Waals surface area contributed by atoms with Gasteiger partial charge in [0, 0.05) is 36.6 Å². The highest BCUT2D eigenvalue weighted by molar-refractivity contribution is 6.59. The smallest absolute Gasteiger partial charge is 0.393 e. The summed E-state index contributed by atoms with van der Waals surface area (Å²) in [5.74, 6) is -0.362. The highest BCUT2D eigenvalue weighted by Gasteiger charge is 2.57. The van der Waals surface area contributed by atoms with Crippen molar-refractivity contribution in [2.75, 3.05) is 0 Å². The molecule has 180 valence electrons. The number of hydrogen-bond donors (Lipinski definition) is 1. The monoisotopic (exact) mass is 477 g/mol. The number of hydrogen-bond acceptors (Lipinski definition) is 4. The first-order valence-corrected chi connectivity index (χ1v) is 11.8. The first-order valence-electron chi connectivity index (χ1n) is 11.8. The van der Waals surface area contributed by atoms with Gasteiger partial charge in [0.05, 0.1) is 11.1 Å². The highest BCUT2D eigenvalue weighted by Crippen LogP contribution is 2.47. The molecule has 5 rings (SSSR count). The Hall–Kier alpha value is -3.69. The summed E-state index contributed by atoms with van der Waals surface area (Å²) in [7, 11) is 0. The summed E-state index contributed by atoms with van der Waals surface area (Å²) in [6.07, 6.45) is 0.424.